The molecule has 0 spiro atoms. The van der Waals surface area contributed by atoms with Gasteiger partial charge in [0, 0.05) is 25.5 Å². The van der Waals surface area contributed by atoms with Crippen molar-refractivity contribution in [1.82, 2.24) is 9.88 Å². The van der Waals surface area contributed by atoms with Gasteiger partial charge >= 0.3 is 0 Å². The number of aromatic amines is 1. The number of aromatic nitrogens is 1. The third-order valence-corrected chi connectivity index (χ3v) is 2.13. The summed E-state index contributed by atoms with van der Waals surface area (Å²) in [5.41, 5.74) is 1.05. The minimum Gasteiger partial charge on any atom is -0.367 e. The smallest absolute Gasteiger partial charge is 0.227 e. The monoisotopic (exact) mass is 180 g/mol. The maximum absolute atomic E-state index is 11.6. The molecule has 0 fully saturated rings. The standard InChI is InChI=1S/C10H16N2O/c1-3-12(4-2)10(13)7-9-5-6-11-8-9/h5-6,8,11H,3-4,7H2,1-2H3. The van der Waals surface area contributed by atoms with E-state index in [1.165, 1.54) is 0 Å². The molecule has 0 aliphatic carbocycles. The Hall–Kier alpha value is -1.25. The second-order valence-electron chi connectivity index (χ2n) is 2.96. The highest BCUT2D eigenvalue weighted by Gasteiger charge is 2.09. The summed E-state index contributed by atoms with van der Waals surface area (Å²) in [7, 11) is 0. The van der Waals surface area contributed by atoms with Gasteiger partial charge in [0.2, 0.25) is 5.91 Å². The van der Waals surface area contributed by atoms with Gasteiger partial charge in [-0.05, 0) is 25.5 Å². The van der Waals surface area contributed by atoms with Crippen LogP contribution in [0.15, 0.2) is 18.5 Å². The first kappa shape index (κ1) is 9.84. The average Bonchev–Trinajstić information content (AvgIpc) is 2.59. The highest BCUT2D eigenvalue weighted by molar-refractivity contribution is 5.78. The summed E-state index contributed by atoms with van der Waals surface area (Å²) in [6.07, 6.45) is 4.21. The summed E-state index contributed by atoms with van der Waals surface area (Å²) >= 11 is 0. The zero-order chi connectivity index (χ0) is 9.68. The molecule has 0 atom stereocenters. The normalized spacial score (nSPS) is 10.0. The van der Waals surface area contributed by atoms with E-state index in [1.807, 2.05) is 37.2 Å². The maximum Gasteiger partial charge on any atom is 0.227 e. The van der Waals surface area contributed by atoms with Crippen LogP contribution in [0.5, 0.6) is 0 Å². The Balaban J connectivity index is 2.49. The SMILES string of the molecule is CCN(CC)C(=O)Cc1cc[nH]c1. The van der Waals surface area contributed by atoms with E-state index in [4.69, 9.17) is 0 Å². The fourth-order valence-corrected chi connectivity index (χ4v) is 1.33. The largest absolute Gasteiger partial charge is 0.367 e. The van der Waals surface area contributed by atoms with Gasteiger partial charge in [-0.3, -0.25) is 4.79 Å². The van der Waals surface area contributed by atoms with Crippen molar-refractivity contribution in [2.45, 2.75) is 20.3 Å². The van der Waals surface area contributed by atoms with Crippen LogP contribution in [-0.4, -0.2) is 28.9 Å². The minimum absolute atomic E-state index is 0.199. The first-order valence-corrected chi connectivity index (χ1v) is 4.67. The molecule has 0 bridgehead atoms. The van der Waals surface area contributed by atoms with Crippen molar-refractivity contribution < 1.29 is 4.79 Å². The van der Waals surface area contributed by atoms with E-state index in [1.54, 1.807) is 0 Å². The van der Waals surface area contributed by atoms with Gasteiger partial charge in [0.25, 0.3) is 0 Å². The first-order chi connectivity index (χ1) is 6.27. The number of rotatable bonds is 4. The van der Waals surface area contributed by atoms with Crippen LogP contribution in [0.1, 0.15) is 19.4 Å². The number of hydrogen-bond donors (Lipinski definition) is 1. The fourth-order valence-electron chi connectivity index (χ4n) is 1.33. The summed E-state index contributed by atoms with van der Waals surface area (Å²) < 4.78 is 0. The molecule has 0 saturated heterocycles. The zero-order valence-corrected chi connectivity index (χ0v) is 8.21. The molecule has 1 rings (SSSR count). The van der Waals surface area contributed by atoms with E-state index < -0.39 is 0 Å². The summed E-state index contributed by atoms with van der Waals surface area (Å²) in [6.45, 7) is 5.58. The van der Waals surface area contributed by atoms with Crippen LogP contribution in [0.2, 0.25) is 0 Å². The molecule has 3 nitrogen and oxygen atoms in total. The number of carbonyl (C=O) groups is 1. The van der Waals surface area contributed by atoms with Crippen molar-refractivity contribution in [2.75, 3.05) is 13.1 Å². The molecule has 72 valence electrons. The highest BCUT2D eigenvalue weighted by atomic mass is 16.2. The predicted molar refractivity (Wildman–Crippen MR) is 52.4 cm³/mol. The van der Waals surface area contributed by atoms with E-state index in [0.717, 1.165) is 18.7 Å². The van der Waals surface area contributed by atoms with Crippen LogP contribution < -0.4 is 0 Å². The van der Waals surface area contributed by atoms with Gasteiger partial charge < -0.3 is 9.88 Å². The number of hydrogen-bond acceptors (Lipinski definition) is 1. The third kappa shape index (κ3) is 2.61. The lowest BCUT2D eigenvalue weighted by Crippen LogP contribution is -2.31. The number of carbonyl (C=O) groups excluding carboxylic acids is 1. The number of H-pyrrole nitrogens is 1. The Morgan fingerprint density at radius 3 is 2.62 bits per heavy atom. The van der Waals surface area contributed by atoms with Crippen molar-refractivity contribution in [3.8, 4) is 0 Å². The van der Waals surface area contributed by atoms with Crippen LogP contribution in [0.3, 0.4) is 0 Å². The molecule has 1 aromatic rings. The van der Waals surface area contributed by atoms with Gasteiger partial charge in [0.15, 0.2) is 0 Å². The minimum atomic E-state index is 0.199. The van der Waals surface area contributed by atoms with E-state index in [0.29, 0.717) is 6.42 Å². The molecular formula is C10H16N2O. The van der Waals surface area contributed by atoms with Gasteiger partial charge in [0.1, 0.15) is 0 Å². The number of nitrogens with one attached hydrogen (secondary N) is 1. The van der Waals surface area contributed by atoms with Crippen molar-refractivity contribution in [1.29, 1.82) is 0 Å². The molecule has 1 aromatic heterocycles. The van der Waals surface area contributed by atoms with Crippen molar-refractivity contribution in [3.05, 3.63) is 24.0 Å². The van der Waals surface area contributed by atoms with E-state index in [9.17, 15) is 4.79 Å². The van der Waals surface area contributed by atoms with Crippen LogP contribution in [0, 0.1) is 0 Å². The molecule has 1 amide bonds. The van der Waals surface area contributed by atoms with Gasteiger partial charge in [-0.2, -0.15) is 0 Å². The summed E-state index contributed by atoms with van der Waals surface area (Å²) in [5, 5.41) is 0. The maximum atomic E-state index is 11.6. The Kier molecular flexibility index (Phi) is 3.55. The molecule has 3 heteroatoms. The van der Waals surface area contributed by atoms with Crippen molar-refractivity contribution >= 4 is 5.91 Å². The fraction of sp³-hybridized carbons (Fsp3) is 0.500. The molecule has 1 N–H and O–H groups in total. The Labute approximate surface area is 78.8 Å². The molecular weight excluding hydrogens is 164 g/mol. The second-order valence-corrected chi connectivity index (χ2v) is 2.96. The Bertz CT molecular complexity index is 250. The molecule has 0 radical (unpaired) electrons. The van der Waals surface area contributed by atoms with Crippen LogP contribution >= 0.6 is 0 Å². The summed E-state index contributed by atoms with van der Waals surface area (Å²) in [4.78, 5) is 16.4. The lowest BCUT2D eigenvalue weighted by Gasteiger charge is -2.17. The lowest BCUT2D eigenvalue weighted by molar-refractivity contribution is -0.130. The van der Waals surface area contributed by atoms with E-state index in [-0.39, 0.29) is 5.91 Å². The summed E-state index contributed by atoms with van der Waals surface area (Å²) in [5.74, 6) is 0.199. The molecule has 1 heterocycles. The second kappa shape index (κ2) is 4.70. The lowest BCUT2D eigenvalue weighted by atomic mass is 10.2. The predicted octanol–water partition coefficient (Wildman–Crippen LogP) is 1.43. The van der Waals surface area contributed by atoms with Crippen molar-refractivity contribution in [3.63, 3.8) is 0 Å². The van der Waals surface area contributed by atoms with E-state index >= 15 is 0 Å². The Morgan fingerprint density at radius 2 is 2.15 bits per heavy atom. The zero-order valence-electron chi connectivity index (χ0n) is 8.21. The average molecular weight is 180 g/mol. The highest BCUT2D eigenvalue weighted by Crippen LogP contribution is 2.01. The van der Waals surface area contributed by atoms with Gasteiger partial charge in [-0.15, -0.1) is 0 Å². The topological polar surface area (TPSA) is 36.1 Å². The third-order valence-electron chi connectivity index (χ3n) is 2.13. The number of nitrogens with zero attached hydrogens (tertiary/aromatic N) is 1. The van der Waals surface area contributed by atoms with E-state index in [2.05, 4.69) is 4.98 Å². The van der Waals surface area contributed by atoms with Crippen molar-refractivity contribution in [2.24, 2.45) is 0 Å². The Morgan fingerprint density at radius 1 is 1.46 bits per heavy atom. The molecule has 0 aliphatic rings. The van der Waals surface area contributed by atoms with Gasteiger partial charge in [-0.1, -0.05) is 0 Å². The summed E-state index contributed by atoms with van der Waals surface area (Å²) in [6, 6.07) is 1.93. The molecule has 0 aliphatic heterocycles. The molecule has 0 saturated carbocycles. The molecule has 0 aromatic carbocycles. The number of amides is 1. The van der Waals surface area contributed by atoms with Gasteiger partial charge in [0.05, 0.1) is 6.42 Å². The van der Waals surface area contributed by atoms with Gasteiger partial charge in [-0.25, -0.2) is 0 Å². The van der Waals surface area contributed by atoms with Crippen LogP contribution in [0.25, 0.3) is 0 Å². The first-order valence-electron chi connectivity index (χ1n) is 4.67. The number of likely N-dealkylation sites (N-methyl/N-ethyl adjacent to an activating group) is 1. The van der Waals surface area contributed by atoms with Crippen LogP contribution in [0.4, 0.5) is 0 Å². The molecule has 13 heavy (non-hydrogen) atoms. The van der Waals surface area contributed by atoms with Crippen LogP contribution in [-0.2, 0) is 11.2 Å². The quantitative estimate of drug-likeness (QED) is 0.747. The molecule has 0 unspecified atom stereocenters.